The van der Waals surface area contributed by atoms with Crippen LogP contribution in [-0.4, -0.2) is 180 Å². The highest BCUT2D eigenvalue weighted by atomic mass is 32.2. The van der Waals surface area contributed by atoms with Crippen LogP contribution in [0.3, 0.4) is 0 Å². The van der Waals surface area contributed by atoms with Gasteiger partial charge >= 0.3 is 0 Å². The molecule has 24 nitrogen and oxygen atoms in total. The Bertz CT molecular complexity index is 1850. The first-order valence-corrected chi connectivity index (χ1v) is 25.8. The molecule has 0 saturated carbocycles. The molecule has 1 rings (SSSR count). The minimum absolute atomic E-state index is 0.0726. The number of guanidine groups is 1. The SMILES string of the molecule is CCNC(=O)[C@@H]1CCCN1C(=O)[C@H](CCCN=C(N)N)NC(=O)[C@@H](NC(=O)[C@H](CCSC)NC(=O)[C@@H](NC(=O)[C@H](NC(=O)[C@@H](NC(=O)CNC(=O)CN(C)C(C)=O)C(C)C)[C@@H](C)CC)[C@@H](C)O)[C@@H](C)CC. The summed E-state index contributed by atoms with van der Waals surface area (Å²) in [7, 11) is 1.42. The van der Waals surface area contributed by atoms with Crippen molar-refractivity contribution in [1.29, 1.82) is 0 Å². The smallest absolute Gasteiger partial charge is 0.245 e. The van der Waals surface area contributed by atoms with Gasteiger partial charge < -0.3 is 68.9 Å². The highest BCUT2D eigenvalue weighted by Crippen LogP contribution is 2.21. The number of thioether (sulfide) groups is 1. The standard InChI is InChI=1S/C46H83N13O11S/c1-12-26(6)36(42(67)53-31(17-15-20-50-46(47)48)45(70)59-21-16-18-32(59)40(65)49-14-3)55-39(64)30(19-22-71-11)52-44(69)38(28(8)60)57-43(68)37(27(7)13-2)56-41(66)35(25(4)5)54-33(62)23-51-34(63)24-58(10)29(9)61/h25-28,30-32,35-38,60H,12-24H2,1-11H3,(H,49,65)(H,51,63)(H,52,69)(H,53,67)(H,54,62)(H,55,64)(H,56,66)(H,57,68)(H4,47,48,50)/t26-,27-,28+,30-,31-,32-,35-,36-,37+,38-/m0/s1. The van der Waals surface area contributed by atoms with E-state index in [1.165, 1.54) is 37.6 Å². The van der Waals surface area contributed by atoms with Crippen molar-refractivity contribution in [3.8, 4) is 0 Å². The number of rotatable bonds is 31. The fourth-order valence-corrected chi connectivity index (χ4v) is 7.93. The maximum atomic E-state index is 14.2. The molecule has 10 atom stereocenters. The van der Waals surface area contributed by atoms with Crippen LogP contribution in [0.15, 0.2) is 4.99 Å². The maximum absolute atomic E-state index is 14.2. The van der Waals surface area contributed by atoms with E-state index in [9.17, 15) is 53.1 Å². The van der Waals surface area contributed by atoms with E-state index in [4.69, 9.17) is 11.5 Å². The van der Waals surface area contributed by atoms with Gasteiger partial charge in [-0.2, -0.15) is 11.8 Å². The van der Waals surface area contributed by atoms with Gasteiger partial charge in [-0.15, -0.1) is 0 Å². The minimum atomic E-state index is -1.63. The monoisotopic (exact) mass is 1030 g/mol. The van der Waals surface area contributed by atoms with Crippen LogP contribution in [0.4, 0.5) is 0 Å². The van der Waals surface area contributed by atoms with Crippen LogP contribution in [-0.2, 0) is 47.9 Å². The molecule has 0 aliphatic carbocycles. The molecule has 0 unspecified atom stereocenters. The summed E-state index contributed by atoms with van der Waals surface area (Å²) >= 11 is 1.38. The van der Waals surface area contributed by atoms with Gasteiger partial charge in [0.15, 0.2) is 5.96 Å². The van der Waals surface area contributed by atoms with Crippen LogP contribution in [0.5, 0.6) is 0 Å². The molecule has 10 amide bonds. The molecule has 1 fully saturated rings. The van der Waals surface area contributed by atoms with Crippen molar-refractivity contribution >= 4 is 76.8 Å². The van der Waals surface area contributed by atoms with Crippen LogP contribution in [0, 0.1) is 17.8 Å². The first kappa shape index (κ1) is 63.3. The van der Waals surface area contributed by atoms with Crippen LogP contribution < -0.4 is 54.0 Å². The average molecular weight is 1030 g/mol. The fourth-order valence-electron chi connectivity index (χ4n) is 7.45. The number of carbonyl (C=O) groups is 10. The second kappa shape index (κ2) is 32.3. The zero-order valence-corrected chi connectivity index (χ0v) is 44.3. The van der Waals surface area contributed by atoms with Crippen LogP contribution in [0.1, 0.15) is 107 Å². The molecule has 0 aromatic heterocycles. The largest absolute Gasteiger partial charge is 0.391 e. The number of likely N-dealkylation sites (N-methyl/N-ethyl adjacent to an activating group) is 2. The Kier molecular flexibility index (Phi) is 28.8. The van der Waals surface area contributed by atoms with E-state index in [1.807, 2.05) is 6.92 Å². The molecule has 0 radical (unpaired) electrons. The summed E-state index contributed by atoms with van der Waals surface area (Å²) < 4.78 is 0. The summed E-state index contributed by atoms with van der Waals surface area (Å²) in [5.41, 5.74) is 11.0. The highest BCUT2D eigenvalue weighted by molar-refractivity contribution is 7.98. The van der Waals surface area contributed by atoms with Gasteiger partial charge in [0.2, 0.25) is 59.1 Å². The minimum Gasteiger partial charge on any atom is -0.391 e. The topological polar surface area (TPSA) is 358 Å². The lowest BCUT2D eigenvalue weighted by Gasteiger charge is -2.32. The Balaban J connectivity index is 3.35. The van der Waals surface area contributed by atoms with Crippen LogP contribution in [0.25, 0.3) is 0 Å². The van der Waals surface area contributed by atoms with Crippen molar-refractivity contribution in [2.24, 2.45) is 34.2 Å². The number of nitrogens with zero attached hydrogens (tertiary/aromatic N) is 3. The van der Waals surface area contributed by atoms with E-state index in [1.54, 1.807) is 47.8 Å². The Hall–Kier alpha value is -5.72. The lowest BCUT2D eigenvalue weighted by molar-refractivity contribution is -0.142. The Labute approximate surface area is 422 Å². The molecule has 13 N–H and O–H groups in total. The van der Waals surface area contributed by atoms with Crippen molar-refractivity contribution in [3.63, 3.8) is 0 Å². The Morgan fingerprint density at radius 3 is 1.77 bits per heavy atom. The number of hydrogen-bond acceptors (Lipinski definition) is 13. The first-order chi connectivity index (χ1) is 33.3. The van der Waals surface area contributed by atoms with Crippen molar-refractivity contribution in [2.75, 3.05) is 51.8 Å². The molecule has 404 valence electrons. The quantitative estimate of drug-likeness (QED) is 0.0195. The number of hydrogen-bond donors (Lipinski definition) is 11. The molecule has 1 aliphatic heterocycles. The summed E-state index contributed by atoms with van der Waals surface area (Å²) in [5, 5.41) is 32.0. The number of nitrogens with one attached hydrogen (secondary N) is 8. The zero-order chi connectivity index (χ0) is 54.1. The zero-order valence-electron chi connectivity index (χ0n) is 43.5. The van der Waals surface area contributed by atoms with E-state index in [-0.39, 0.29) is 43.7 Å². The van der Waals surface area contributed by atoms with Crippen molar-refractivity contribution in [3.05, 3.63) is 0 Å². The molecule has 1 aliphatic rings. The fraction of sp³-hybridized carbons (Fsp3) is 0.761. The number of nitrogens with two attached hydrogens (primary N) is 2. The van der Waals surface area contributed by atoms with Crippen LogP contribution in [0.2, 0.25) is 0 Å². The number of aliphatic hydroxyl groups excluding tert-OH is 1. The van der Waals surface area contributed by atoms with Gasteiger partial charge in [-0.1, -0.05) is 54.4 Å². The highest BCUT2D eigenvalue weighted by Gasteiger charge is 2.40. The first-order valence-electron chi connectivity index (χ1n) is 24.4. The lowest BCUT2D eigenvalue weighted by Crippen LogP contribution is -2.63. The van der Waals surface area contributed by atoms with Gasteiger partial charge in [-0.25, -0.2) is 0 Å². The van der Waals surface area contributed by atoms with Gasteiger partial charge in [-0.05, 0) is 75.7 Å². The predicted molar refractivity (Wildman–Crippen MR) is 270 cm³/mol. The van der Waals surface area contributed by atoms with Gasteiger partial charge in [0.05, 0.1) is 19.2 Å². The Morgan fingerprint density at radius 1 is 0.718 bits per heavy atom. The van der Waals surface area contributed by atoms with E-state index in [0.717, 1.165) is 4.90 Å². The summed E-state index contributed by atoms with van der Waals surface area (Å²) in [4.78, 5) is 140. The third kappa shape index (κ3) is 21.7. The predicted octanol–water partition coefficient (Wildman–Crippen LogP) is -2.45. The third-order valence-electron chi connectivity index (χ3n) is 12.3. The van der Waals surface area contributed by atoms with E-state index in [2.05, 4.69) is 47.5 Å². The van der Waals surface area contributed by atoms with Crippen molar-refractivity contribution < 1.29 is 53.1 Å². The molecule has 0 bridgehead atoms. The summed E-state index contributed by atoms with van der Waals surface area (Å²) in [6.45, 7) is 14.7. The maximum Gasteiger partial charge on any atom is 0.245 e. The third-order valence-corrected chi connectivity index (χ3v) is 12.9. The second-order valence-corrected chi connectivity index (χ2v) is 19.3. The lowest BCUT2D eigenvalue weighted by atomic mass is 9.95. The number of likely N-dealkylation sites (tertiary alicyclic amines) is 1. The number of aliphatic hydroxyl groups is 1. The van der Waals surface area contributed by atoms with E-state index < -0.39 is 120 Å². The molecule has 0 spiro atoms. The van der Waals surface area contributed by atoms with E-state index >= 15 is 0 Å². The van der Waals surface area contributed by atoms with Gasteiger partial charge in [-0.3, -0.25) is 52.9 Å². The summed E-state index contributed by atoms with van der Waals surface area (Å²) in [6.07, 6.45) is 2.60. The average Bonchev–Trinajstić information content (AvgIpc) is 3.81. The number of carbonyl (C=O) groups excluding carboxylic acids is 10. The Morgan fingerprint density at radius 2 is 1.25 bits per heavy atom. The summed E-state index contributed by atoms with van der Waals surface area (Å²) in [6, 6.07) is -8.36. The number of amides is 10. The summed E-state index contributed by atoms with van der Waals surface area (Å²) in [5.74, 6) is -7.60. The molecule has 0 aromatic rings. The van der Waals surface area contributed by atoms with Crippen molar-refractivity contribution in [1.82, 2.24) is 52.3 Å². The molecule has 1 heterocycles. The molecule has 1 saturated heterocycles. The molecule has 25 heteroatoms. The van der Waals surface area contributed by atoms with Gasteiger partial charge in [0.25, 0.3) is 0 Å². The molecule has 0 aromatic carbocycles. The van der Waals surface area contributed by atoms with E-state index in [0.29, 0.717) is 50.9 Å². The molecular weight excluding hydrogens is 943 g/mol. The molecular formula is C46H83N13O11S. The van der Waals surface area contributed by atoms with Crippen LogP contribution >= 0.6 is 11.8 Å². The second-order valence-electron chi connectivity index (χ2n) is 18.3. The number of aliphatic imine (C=N–C) groups is 1. The molecule has 71 heavy (non-hydrogen) atoms. The normalized spacial score (nSPS) is 17.0. The van der Waals surface area contributed by atoms with Gasteiger partial charge in [0.1, 0.15) is 42.3 Å². The van der Waals surface area contributed by atoms with Gasteiger partial charge in [0, 0.05) is 33.6 Å². The van der Waals surface area contributed by atoms with Crippen molar-refractivity contribution in [2.45, 2.75) is 156 Å².